The summed E-state index contributed by atoms with van der Waals surface area (Å²) in [5.74, 6) is 0. The van der Waals surface area contributed by atoms with E-state index in [1.165, 1.54) is 37.8 Å². The summed E-state index contributed by atoms with van der Waals surface area (Å²) in [6, 6.07) is 6.73. The van der Waals surface area contributed by atoms with Crippen LogP contribution in [0.5, 0.6) is 0 Å². The maximum absolute atomic E-state index is 4.60. The van der Waals surface area contributed by atoms with Crippen LogP contribution in [0.25, 0.3) is 5.65 Å². The van der Waals surface area contributed by atoms with Crippen molar-refractivity contribution in [2.24, 2.45) is 0 Å². The molecule has 0 aliphatic carbocycles. The van der Waals surface area contributed by atoms with Gasteiger partial charge in [0.2, 0.25) is 0 Å². The maximum Gasteiger partial charge on any atom is 0.137 e. The number of aromatic nitrogens is 2. The molecule has 0 fully saturated rings. The normalized spacial score (nSPS) is 12.9. The average Bonchev–Trinajstić information content (AvgIpc) is 2.77. The van der Waals surface area contributed by atoms with Gasteiger partial charge in [0.05, 0.1) is 11.4 Å². The molecule has 0 saturated carbocycles. The zero-order valence-corrected chi connectivity index (χ0v) is 13.0. The van der Waals surface area contributed by atoms with E-state index < -0.39 is 0 Å². The van der Waals surface area contributed by atoms with E-state index in [2.05, 4.69) is 53.8 Å². The third kappa shape index (κ3) is 3.83. The Hall–Kier alpha value is -1.35. The molecule has 0 aliphatic rings. The average molecular weight is 273 g/mol. The summed E-state index contributed by atoms with van der Waals surface area (Å²) in [6.45, 7) is 7.53. The number of nitrogens with one attached hydrogen (secondary N) is 1. The number of unbranched alkanes of at least 4 members (excludes halogenated alkanes) is 3. The van der Waals surface area contributed by atoms with Gasteiger partial charge < -0.3 is 9.72 Å². The molecule has 2 aromatic heterocycles. The van der Waals surface area contributed by atoms with E-state index >= 15 is 0 Å². The van der Waals surface area contributed by atoms with Gasteiger partial charge in [-0.05, 0) is 32.4 Å². The van der Waals surface area contributed by atoms with E-state index in [1.54, 1.807) is 0 Å². The maximum atomic E-state index is 4.60. The second-order valence-electron chi connectivity index (χ2n) is 5.70. The van der Waals surface area contributed by atoms with Crippen LogP contribution in [-0.4, -0.2) is 15.4 Å². The quantitative estimate of drug-likeness (QED) is 0.734. The fourth-order valence-electron chi connectivity index (χ4n) is 2.63. The van der Waals surface area contributed by atoms with Crippen LogP contribution in [0.15, 0.2) is 24.4 Å². The van der Waals surface area contributed by atoms with Gasteiger partial charge in [0.15, 0.2) is 0 Å². The van der Waals surface area contributed by atoms with Gasteiger partial charge in [0.1, 0.15) is 5.65 Å². The standard InChI is InChI=1S/C17H27N3/c1-4-5-6-7-10-14(2)18-13-16-15(3)19-17-11-8-9-12-20(16)17/h8-9,11-12,14,18H,4-7,10,13H2,1-3H3. The topological polar surface area (TPSA) is 29.3 Å². The van der Waals surface area contributed by atoms with Gasteiger partial charge in [-0.25, -0.2) is 4.98 Å². The second kappa shape index (κ2) is 7.44. The van der Waals surface area contributed by atoms with Crippen LogP contribution in [0, 0.1) is 6.92 Å². The highest BCUT2D eigenvalue weighted by Gasteiger charge is 2.09. The van der Waals surface area contributed by atoms with Crippen molar-refractivity contribution in [2.45, 2.75) is 65.5 Å². The Balaban J connectivity index is 1.87. The number of fused-ring (bicyclic) bond motifs is 1. The van der Waals surface area contributed by atoms with Gasteiger partial charge >= 0.3 is 0 Å². The van der Waals surface area contributed by atoms with Gasteiger partial charge in [0.25, 0.3) is 0 Å². The number of pyridine rings is 1. The van der Waals surface area contributed by atoms with Crippen molar-refractivity contribution in [3.8, 4) is 0 Å². The number of aryl methyl sites for hydroxylation is 1. The van der Waals surface area contributed by atoms with Crippen molar-refractivity contribution in [3.63, 3.8) is 0 Å². The summed E-state index contributed by atoms with van der Waals surface area (Å²) in [7, 11) is 0. The lowest BCUT2D eigenvalue weighted by molar-refractivity contribution is 0.478. The lowest BCUT2D eigenvalue weighted by atomic mass is 10.1. The van der Waals surface area contributed by atoms with Crippen LogP contribution in [-0.2, 0) is 6.54 Å². The monoisotopic (exact) mass is 273 g/mol. The number of rotatable bonds is 8. The van der Waals surface area contributed by atoms with Crippen molar-refractivity contribution >= 4 is 5.65 Å². The van der Waals surface area contributed by atoms with Crippen LogP contribution in [0.3, 0.4) is 0 Å². The van der Waals surface area contributed by atoms with Gasteiger partial charge in [-0.15, -0.1) is 0 Å². The predicted octanol–water partition coefficient (Wildman–Crippen LogP) is 4.09. The Bertz CT molecular complexity index is 530. The smallest absolute Gasteiger partial charge is 0.137 e. The van der Waals surface area contributed by atoms with Crippen molar-refractivity contribution in [2.75, 3.05) is 0 Å². The van der Waals surface area contributed by atoms with Crippen molar-refractivity contribution < 1.29 is 0 Å². The molecule has 1 N–H and O–H groups in total. The highest BCUT2D eigenvalue weighted by Crippen LogP contribution is 2.12. The van der Waals surface area contributed by atoms with E-state index in [0.29, 0.717) is 6.04 Å². The first-order valence-corrected chi connectivity index (χ1v) is 7.88. The van der Waals surface area contributed by atoms with E-state index in [9.17, 15) is 0 Å². The molecular weight excluding hydrogens is 246 g/mol. The van der Waals surface area contributed by atoms with Gasteiger partial charge in [-0.1, -0.05) is 38.7 Å². The van der Waals surface area contributed by atoms with E-state index in [1.807, 2.05) is 6.07 Å². The predicted molar refractivity (Wildman–Crippen MR) is 85.0 cm³/mol. The Morgan fingerprint density at radius 3 is 2.90 bits per heavy atom. The lowest BCUT2D eigenvalue weighted by Gasteiger charge is -2.14. The van der Waals surface area contributed by atoms with E-state index in [0.717, 1.165) is 17.9 Å². The zero-order valence-electron chi connectivity index (χ0n) is 13.0. The molecule has 3 heteroatoms. The van der Waals surface area contributed by atoms with Crippen LogP contribution >= 0.6 is 0 Å². The fourth-order valence-corrected chi connectivity index (χ4v) is 2.63. The van der Waals surface area contributed by atoms with Gasteiger partial charge in [-0.2, -0.15) is 0 Å². The Labute approximate surface area is 122 Å². The minimum atomic E-state index is 0.570. The van der Waals surface area contributed by atoms with E-state index in [-0.39, 0.29) is 0 Å². The summed E-state index contributed by atoms with van der Waals surface area (Å²) in [5.41, 5.74) is 3.44. The molecule has 1 atom stereocenters. The Morgan fingerprint density at radius 1 is 1.25 bits per heavy atom. The summed E-state index contributed by atoms with van der Waals surface area (Å²) in [4.78, 5) is 4.60. The Kier molecular flexibility index (Phi) is 5.60. The summed E-state index contributed by atoms with van der Waals surface area (Å²) < 4.78 is 2.19. The first-order chi connectivity index (χ1) is 9.72. The van der Waals surface area contributed by atoms with Crippen LogP contribution in [0.1, 0.15) is 57.3 Å². The molecule has 3 nitrogen and oxygen atoms in total. The Morgan fingerprint density at radius 2 is 2.10 bits per heavy atom. The molecule has 0 radical (unpaired) electrons. The number of imidazole rings is 1. The molecule has 20 heavy (non-hydrogen) atoms. The van der Waals surface area contributed by atoms with Crippen LogP contribution in [0.2, 0.25) is 0 Å². The largest absolute Gasteiger partial charge is 0.309 e. The molecule has 0 saturated heterocycles. The van der Waals surface area contributed by atoms with Crippen molar-refractivity contribution in [1.82, 2.24) is 14.7 Å². The molecule has 110 valence electrons. The molecule has 1 unspecified atom stereocenters. The molecular formula is C17H27N3. The highest BCUT2D eigenvalue weighted by molar-refractivity contribution is 5.42. The third-order valence-electron chi connectivity index (χ3n) is 3.94. The zero-order chi connectivity index (χ0) is 14.4. The molecule has 0 amide bonds. The molecule has 2 rings (SSSR count). The number of hydrogen-bond donors (Lipinski definition) is 1. The number of hydrogen-bond acceptors (Lipinski definition) is 2. The lowest BCUT2D eigenvalue weighted by Crippen LogP contribution is -2.26. The van der Waals surface area contributed by atoms with Crippen LogP contribution in [0.4, 0.5) is 0 Å². The molecule has 0 aliphatic heterocycles. The molecule has 0 bridgehead atoms. The van der Waals surface area contributed by atoms with Gasteiger partial charge in [-0.3, -0.25) is 0 Å². The first kappa shape index (κ1) is 15.0. The summed E-state index contributed by atoms with van der Waals surface area (Å²) >= 11 is 0. The van der Waals surface area contributed by atoms with E-state index in [4.69, 9.17) is 0 Å². The minimum absolute atomic E-state index is 0.570. The second-order valence-corrected chi connectivity index (χ2v) is 5.70. The third-order valence-corrected chi connectivity index (χ3v) is 3.94. The summed E-state index contributed by atoms with van der Waals surface area (Å²) in [6.07, 6.45) is 8.71. The van der Waals surface area contributed by atoms with Gasteiger partial charge in [0, 0.05) is 18.8 Å². The van der Waals surface area contributed by atoms with Crippen molar-refractivity contribution in [1.29, 1.82) is 0 Å². The van der Waals surface area contributed by atoms with Crippen LogP contribution < -0.4 is 5.32 Å². The molecule has 2 heterocycles. The molecule has 0 aromatic carbocycles. The fraction of sp³-hybridized carbons (Fsp3) is 0.588. The summed E-state index contributed by atoms with van der Waals surface area (Å²) in [5, 5.41) is 3.63. The van der Waals surface area contributed by atoms with Crippen molar-refractivity contribution in [3.05, 3.63) is 35.8 Å². The minimum Gasteiger partial charge on any atom is -0.309 e. The number of nitrogens with zero attached hydrogens (tertiary/aromatic N) is 2. The first-order valence-electron chi connectivity index (χ1n) is 7.88. The molecule has 0 spiro atoms. The molecule has 2 aromatic rings. The highest BCUT2D eigenvalue weighted by atomic mass is 15.0. The SMILES string of the molecule is CCCCCCC(C)NCc1c(C)nc2ccccn12.